The van der Waals surface area contributed by atoms with Crippen LogP contribution in [-0.4, -0.2) is 11.9 Å². The Balaban J connectivity index is 1.96. The molecule has 0 saturated carbocycles. The van der Waals surface area contributed by atoms with Gasteiger partial charge < -0.3 is 19.6 Å². The summed E-state index contributed by atoms with van der Waals surface area (Å²) in [6.07, 6.45) is 0. The summed E-state index contributed by atoms with van der Waals surface area (Å²) in [5, 5.41) is 14.5. The summed E-state index contributed by atoms with van der Waals surface area (Å²) in [5.74, 6) is -1.50. The van der Waals surface area contributed by atoms with Gasteiger partial charge in [0.15, 0.2) is 5.76 Å². The molecule has 0 radical (unpaired) electrons. The number of rotatable bonds is 3. The highest BCUT2D eigenvalue weighted by molar-refractivity contribution is 6.07. The fourth-order valence-electron chi connectivity index (χ4n) is 2.45. The van der Waals surface area contributed by atoms with E-state index in [9.17, 15) is 14.7 Å². The number of carbonyl (C=O) groups excluding carboxylic acids is 2. The van der Waals surface area contributed by atoms with Crippen LogP contribution < -0.4 is 10.4 Å². The molecule has 0 spiro atoms. The van der Waals surface area contributed by atoms with Crippen molar-refractivity contribution in [1.29, 1.82) is 0 Å². The molecule has 0 saturated heterocycles. The van der Waals surface area contributed by atoms with E-state index in [-0.39, 0.29) is 11.3 Å². The van der Waals surface area contributed by atoms with Crippen LogP contribution in [0.25, 0.3) is 11.0 Å². The van der Waals surface area contributed by atoms with Crippen LogP contribution in [0.3, 0.4) is 0 Å². The summed E-state index contributed by atoms with van der Waals surface area (Å²) in [6, 6.07) is 11.8. The Morgan fingerprint density at radius 1 is 1.09 bits per heavy atom. The van der Waals surface area contributed by atoms with Crippen LogP contribution in [-0.2, 0) is 0 Å². The van der Waals surface area contributed by atoms with Crippen LogP contribution >= 0.6 is 0 Å². The molecule has 0 atom stereocenters. The molecule has 0 aliphatic heterocycles. The topological polar surface area (TPSA) is 82.4 Å². The lowest BCUT2D eigenvalue weighted by atomic mass is 10.1. The lowest BCUT2D eigenvalue weighted by Gasteiger charge is -2.10. The molecule has 0 aliphatic carbocycles. The van der Waals surface area contributed by atoms with E-state index >= 15 is 0 Å². The second-order valence-corrected chi connectivity index (χ2v) is 5.32. The van der Waals surface area contributed by atoms with Gasteiger partial charge in [-0.25, -0.2) is 0 Å². The monoisotopic (exact) mass is 308 g/mol. The van der Waals surface area contributed by atoms with Gasteiger partial charge >= 0.3 is 0 Å². The first kappa shape index (κ1) is 14.8. The van der Waals surface area contributed by atoms with Gasteiger partial charge in [0.1, 0.15) is 5.58 Å². The average molecular weight is 308 g/mol. The molecule has 5 heteroatoms. The van der Waals surface area contributed by atoms with E-state index in [4.69, 9.17) is 4.42 Å². The smallest absolute Gasteiger partial charge is 0.291 e. The molecule has 0 unspecified atom stereocenters. The number of benzene rings is 2. The number of amides is 1. The summed E-state index contributed by atoms with van der Waals surface area (Å²) in [5.41, 5.74) is 2.54. The number of carboxylic acids is 1. The molecule has 0 fully saturated rings. The molecule has 3 rings (SSSR count). The van der Waals surface area contributed by atoms with Crippen LogP contribution in [0.15, 0.2) is 46.9 Å². The van der Waals surface area contributed by atoms with Crippen LogP contribution in [0.1, 0.15) is 32.0 Å². The number of fused-ring (bicyclic) bond motifs is 1. The normalized spacial score (nSPS) is 10.7. The third kappa shape index (κ3) is 2.68. The predicted molar refractivity (Wildman–Crippen MR) is 84.4 cm³/mol. The van der Waals surface area contributed by atoms with E-state index < -0.39 is 11.9 Å². The van der Waals surface area contributed by atoms with Crippen molar-refractivity contribution in [3.8, 4) is 0 Å². The van der Waals surface area contributed by atoms with E-state index in [0.717, 1.165) is 16.5 Å². The van der Waals surface area contributed by atoms with Crippen molar-refractivity contribution in [2.45, 2.75) is 13.8 Å². The van der Waals surface area contributed by atoms with Crippen molar-refractivity contribution >= 4 is 28.5 Å². The number of aryl methyl sites for hydroxylation is 2. The first-order chi connectivity index (χ1) is 11.0. The third-order valence-electron chi connectivity index (χ3n) is 3.77. The number of para-hydroxylation sites is 1. The summed E-state index contributed by atoms with van der Waals surface area (Å²) in [7, 11) is 0. The fraction of sp³-hybridized carbons (Fsp3) is 0.111. The van der Waals surface area contributed by atoms with Gasteiger partial charge in [-0.15, -0.1) is 0 Å². The van der Waals surface area contributed by atoms with Gasteiger partial charge in [-0.1, -0.05) is 30.3 Å². The molecular weight excluding hydrogens is 294 g/mol. The van der Waals surface area contributed by atoms with Crippen LogP contribution in [0.2, 0.25) is 0 Å². The van der Waals surface area contributed by atoms with Gasteiger partial charge in [-0.05, 0) is 37.1 Å². The summed E-state index contributed by atoms with van der Waals surface area (Å²) < 4.78 is 5.61. The van der Waals surface area contributed by atoms with Crippen molar-refractivity contribution in [3.63, 3.8) is 0 Å². The number of nitrogens with one attached hydrogen (secondary N) is 1. The second-order valence-electron chi connectivity index (χ2n) is 5.32. The zero-order valence-electron chi connectivity index (χ0n) is 12.7. The Hall–Kier alpha value is -3.08. The minimum atomic E-state index is -1.29. The largest absolute Gasteiger partial charge is 0.545 e. The summed E-state index contributed by atoms with van der Waals surface area (Å²) in [6.45, 7) is 3.59. The Morgan fingerprint density at radius 2 is 1.83 bits per heavy atom. The number of furan rings is 1. The zero-order chi connectivity index (χ0) is 16.6. The molecule has 116 valence electrons. The zero-order valence-corrected chi connectivity index (χ0v) is 12.7. The maximum Gasteiger partial charge on any atom is 0.291 e. The highest BCUT2D eigenvalue weighted by Crippen LogP contribution is 2.26. The lowest BCUT2D eigenvalue weighted by Crippen LogP contribution is -2.22. The Morgan fingerprint density at radius 3 is 2.52 bits per heavy atom. The maximum atomic E-state index is 12.5. The SMILES string of the molecule is Cc1ccc(C(=O)[O-])cc1NC(=O)c1oc2ccccc2c1C. The van der Waals surface area contributed by atoms with E-state index in [1.807, 2.05) is 25.1 Å². The van der Waals surface area contributed by atoms with Crippen molar-refractivity contribution < 1.29 is 19.1 Å². The Kier molecular flexibility index (Phi) is 3.62. The molecule has 3 aromatic rings. The molecule has 23 heavy (non-hydrogen) atoms. The van der Waals surface area contributed by atoms with E-state index in [1.54, 1.807) is 19.1 Å². The highest BCUT2D eigenvalue weighted by atomic mass is 16.4. The fourth-order valence-corrected chi connectivity index (χ4v) is 2.45. The molecule has 1 N–H and O–H groups in total. The van der Waals surface area contributed by atoms with Crippen molar-refractivity contribution in [3.05, 3.63) is 64.9 Å². The standard InChI is InChI=1S/C18H15NO4/c1-10-7-8-12(18(21)22)9-14(10)19-17(20)16-11(2)13-5-3-4-6-15(13)23-16/h3-9H,1-2H3,(H,19,20)(H,21,22)/p-1. The Bertz CT molecular complexity index is 924. The van der Waals surface area contributed by atoms with Crippen LogP contribution in [0.4, 0.5) is 5.69 Å². The number of hydrogen-bond donors (Lipinski definition) is 1. The third-order valence-corrected chi connectivity index (χ3v) is 3.77. The molecular formula is C18H14NO4-. The average Bonchev–Trinajstić information content (AvgIpc) is 2.87. The molecule has 1 aromatic heterocycles. The lowest BCUT2D eigenvalue weighted by molar-refractivity contribution is -0.255. The van der Waals surface area contributed by atoms with Gasteiger partial charge in [-0.3, -0.25) is 4.79 Å². The van der Waals surface area contributed by atoms with Gasteiger partial charge in [0, 0.05) is 16.6 Å². The van der Waals surface area contributed by atoms with E-state index in [1.165, 1.54) is 12.1 Å². The van der Waals surface area contributed by atoms with Gasteiger partial charge in [0.05, 0.1) is 5.97 Å². The first-order valence-electron chi connectivity index (χ1n) is 7.09. The van der Waals surface area contributed by atoms with Gasteiger partial charge in [-0.2, -0.15) is 0 Å². The number of carboxylic acid groups (broad SMARTS) is 1. The van der Waals surface area contributed by atoms with Crippen molar-refractivity contribution in [2.24, 2.45) is 0 Å². The minimum Gasteiger partial charge on any atom is -0.545 e. The minimum absolute atomic E-state index is 0.00669. The molecule has 1 amide bonds. The van der Waals surface area contributed by atoms with Crippen LogP contribution in [0.5, 0.6) is 0 Å². The maximum absolute atomic E-state index is 12.5. The highest BCUT2D eigenvalue weighted by Gasteiger charge is 2.18. The number of carbonyl (C=O) groups is 2. The molecule has 0 aliphatic rings. The number of aromatic carboxylic acids is 1. The second kappa shape index (κ2) is 5.61. The number of anilines is 1. The molecule has 2 aromatic carbocycles. The molecule has 5 nitrogen and oxygen atoms in total. The Labute approximate surface area is 132 Å². The summed E-state index contributed by atoms with van der Waals surface area (Å²) in [4.78, 5) is 23.4. The van der Waals surface area contributed by atoms with E-state index in [0.29, 0.717) is 11.3 Å². The van der Waals surface area contributed by atoms with Gasteiger partial charge in [0.25, 0.3) is 5.91 Å². The molecule has 0 bridgehead atoms. The molecule has 1 heterocycles. The number of hydrogen-bond acceptors (Lipinski definition) is 4. The predicted octanol–water partition coefficient (Wildman–Crippen LogP) is 2.67. The van der Waals surface area contributed by atoms with Gasteiger partial charge in [0.2, 0.25) is 0 Å². The summed E-state index contributed by atoms with van der Waals surface area (Å²) >= 11 is 0. The quantitative estimate of drug-likeness (QED) is 0.806. The van der Waals surface area contributed by atoms with Crippen molar-refractivity contribution in [1.82, 2.24) is 0 Å². The first-order valence-corrected chi connectivity index (χ1v) is 7.09. The van der Waals surface area contributed by atoms with E-state index in [2.05, 4.69) is 5.32 Å². The van der Waals surface area contributed by atoms with Crippen molar-refractivity contribution in [2.75, 3.05) is 5.32 Å². The van der Waals surface area contributed by atoms with Crippen LogP contribution in [0, 0.1) is 13.8 Å².